The maximum atomic E-state index is 12.1. The molecule has 1 saturated carbocycles. The molecule has 0 radical (unpaired) electrons. The lowest BCUT2D eigenvalue weighted by Crippen LogP contribution is -2.28. The van der Waals surface area contributed by atoms with Crippen molar-refractivity contribution < 1.29 is 23.8 Å². The Kier molecular flexibility index (Phi) is 6.71. The zero-order valence-corrected chi connectivity index (χ0v) is 13.9. The molecular weight excluding hydrogens is 320 g/mol. The second kappa shape index (κ2) is 8.77. The lowest BCUT2D eigenvalue weighted by Gasteiger charge is -2.25. The van der Waals surface area contributed by atoms with Gasteiger partial charge in [0.1, 0.15) is 12.4 Å². The number of alkyl halides is 1. The Morgan fingerprint density at radius 1 is 1.00 bits per heavy atom. The minimum absolute atomic E-state index is 0.122. The molecule has 0 aliphatic heterocycles. The first-order valence-corrected chi connectivity index (χ1v) is 8.19. The molecule has 0 heterocycles. The molecule has 0 bridgehead atoms. The van der Waals surface area contributed by atoms with Crippen molar-refractivity contribution in [2.45, 2.75) is 32.3 Å². The van der Waals surface area contributed by atoms with Crippen molar-refractivity contribution in [1.82, 2.24) is 0 Å². The van der Waals surface area contributed by atoms with E-state index >= 15 is 0 Å². The van der Waals surface area contributed by atoms with Crippen molar-refractivity contribution in [3.05, 3.63) is 29.8 Å². The molecular formula is C17H21ClO5. The van der Waals surface area contributed by atoms with Gasteiger partial charge in [-0.3, -0.25) is 9.59 Å². The van der Waals surface area contributed by atoms with E-state index in [1.54, 1.807) is 7.11 Å². The highest BCUT2D eigenvalue weighted by Gasteiger charge is 2.31. The Balaban J connectivity index is 1.75. The molecule has 6 heteroatoms. The molecule has 23 heavy (non-hydrogen) atoms. The molecule has 1 aromatic rings. The van der Waals surface area contributed by atoms with Gasteiger partial charge in [-0.1, -0.05) is 23.7 Å². The molecule has 0 unspecified atom stereocenters. The number of ether oxygens (including phenoxy) is 3. The number of benzene rings is 1. The van der Waals surface area contributed by atoms with Crippen LogP contribution < -0.4 is 4.74 Å². The van der Waals surface area contributed by atoms with Crippen LogP contribution in [0.15, 0.2) is 24.3 Å². The number of halogens is 1. The number of methoxy groups -OCH3 is 1. The monoisotopic (exact) mass is 340 g/mol. The highest BCUT2D eigenvalue weighted by molar-refractivity contribution is 6.17. The topological polar surface area (TPSA) is 61.8 Å². The van der Waals surface area contributed by atoms with E-state index < -0.39 is 0 Å². The average Bonchev–Trinajstić information content (AvgIpc) is 2.60. The van der Waals surface area contributed by atoms with Gasteiger partial charge >= 0.3 is 11.9 Å². The molecule has 1 aliphatic rings. The Bertz CT molecular complexity index is 520. The zero-order valence-electron chi connectivity index (χ0n) is 13.1. The smallest absolute Gasteiger partial charge is 0.310 e. The van der Waals surface area contributed by atoms with Gasteiger partial charge in [0.25, 0.3) is 0 Å². The van der Waals surface area contributed by atoms with E-state index in [9.17, 15) is 9.59 Å². The van der Waals surface area contributed by atoms with Crippen LogP contribution in [0.1, 0.15) is 31.2 Å². The Morgan fingerprint density at radius 3 is 2.00 bits per heavy atom. The van der Waals surface area contributed by atoms with E-state index in [0.717, 1.165) is 11.3 Å². The summed E-state index contributed by atoms with van der Waals surface area (Å²) in [5.41, 5.74) is 0.915. The van der Waals surface area contributed by atoms with Crippen molar-refractivity contribution in [2.75, 3.05) is 13.2 Å². The van der Waals surface area contributed by atoms with Crippen LogP contribution in [-0.4, -0.2) is 25.1 Å². The molecule has 0 amide bonds. The molecule has 126 valence electrons. The van der Waals surface area contributed by atoms with E-state index in [1.807, 2.05) is 24.3 Å². The van der Waals surface area contributed by atoms with Crippen LogP contribution in [0.2, 0.25) is 0 Å². The van der Waals surface area contributed by atoms with Crippen LogP contribution in [0.25, 0.3) is 0 Å². The lowest BCUT2D eigenvalue weighted by molar-refractivity contribution is -0.155. The normalized spacial score (nSPS) is 20.6. The summed E-state index contributed by atoms with van der Waals surface area (Å²) in [7, 11) is 1.61. The predicted molar refractivity (Wildman–Crippen MR) is 85.1 cm³/mol. The van der Waals surface area contributed by atoms with Gasteiger partial charge in [-0.25, -0.2) is 0 Å². The van der Waals surface area contributed by atoms with Crippen molar-refractivity contribution >= 4 is 23.5 Å². The number of hydrogen-bond donors (Lipinski definition) is 0. The Hall–Kier alpha value is -1.75. The summed E-state index contributed by atoms with van der Waals surface area (Å²) in [5.74, 6) is -0.00931. The molecule has 1 aromatic carbocycles. The van der Waals surface area contributed by atoms with Gasteiger partial charge in [0.15, 0.2) is 6.07 Å². The molecule has 0 atom stereocenters. The summed E-state index contributed by atoms with van der Waals surface area (Å²) >= 11 is 5.39. The average molecular weight is 341 g/mol. The van der Waals surface area contributed by atoms with Crippen molar-refractivity contribution in [2.24, 2.45) is 11.8 Å². The lowest BCUT2D eigenvalue weighted by atomic mass is 9.82. The molecule has 1 aliphatic carbocycles. The quantitative estimate of drug-likeness (QED) is 0.587. The second-order valence-electron chi connectivity index (χ2n) is 5.58. The van der Waals surface area contributed by atoms with Crippen LogP contribution in [0.3, 0.4) is 0 Å². The number of hydrogen-bond acceptors (Lipinski definition) is 5. The maximum Gasteiger partial charge on any atom is 0.310 e. The summed E-state index contributed by atoms with van der Waals surface area (Å²) in [6, 6.07) is 7.27. The first kappa shape index (κ1) is 17.6. The van der Waals surface area contributed by atoms with Crippen molar-refractivity contribution in [1.29, 1.82) is 0 Å². The minimum Gasteiger partial charge on any atom is -0.497 e. The largest absolute Gasteiger partial charge is 0.497 e. The fourth-order valence-corrected chi connectivity index (χ4v) is 2.84. The van der Waals surface area contributed by atoms with Crippen LogP contribution in [0.4, 0.5) is 0 Å². The highest BCUT2D eigenvalue weighted by Crippen LogP contribution is 2.30. The number of rotatable bonds is 6. The van der Waals surface area contributed by atoms with Crippen LogP contribution >= 0.6 is 11.6 Å². The molecule has 5 nitrogen and oxygen atoms in total. The van der Waals surface area contributed by atoms with Crippen molar-refractivity contribution in [3.8, 4) is 5.75 Å². The third kappa shape index (κ3) is 5.13. The van der Waals surface area contributed by atoms with Crippen LogP contribution in [0, 0.1) is 11.8 Å². The van der Waals surface area contributed by atoms with E-state index in [4.69, 9.17) is 25.8 Å². The van der Waals surface area contributed by atoms with Gasteiger partial charge < -0.3 is 14.2 Å². The standard InChI is InChI=1S/C17H21ClO5/c1-21-15-8-2-12(3-9-15)10-22-16(19)13-4-6-14(7-5-13)17(20)23-11-18/h2-3,8-9,13-14H,4-7,10-11H2,1H3. The molecule has 0 aromatic heterocycles. The van der Waals surface area contributed by atoms with E-state index in [-0.39, 0.29) is 36.4 Å². The first-order valence-electron chi connectivity index (χ1n) is 7.66. The SMILES string of the molecule is COc1ccc(COC(=O)C2CCC(C(=O)OCCl)CC2)cc1. The van der Waals surface area contributed by atoms with Gasteiger partial charge in [0, 0.05) is 0 Å². The van der Waals surface area contributed by atoms with Gasteiger partial charge in [0.05, 0.1) is 18.9 Å². The number of carbonyl (C=O) groups is 2. The number of carbonyl (C=O) groups excluding carboxylic acids is 2. The van der Waals surface area contributed by atoms with Crippen LogP contribution in [0.5, 0.6) is 5.75 Å². The third-order valence-electron chi connectivity index (χ3n) is 4.13. The Labute approximate surface area is 140 Å². The van der Waals surface area contributed by atoms with E-state index in [1.165, 1.54) is 0 Å². The second-order valence-corrected chi connectivity index (χ2v) is 5.80. The van der Waals surface area contributed by atoms with Gasteiger partial charge in [-0.2, -0.15) is 0 Å². The van der Waals surface area contributed by atoms with Gasteiger partial charge in [-0.15, -0.1) is 0 Å². The number of esters is 2. The summed E-state index contributed by atoms with van der Waals surface area (Å²) in [5, 5.41) is 0. The van der Waals surface area contributed by atoms with Crippen LogP contribution in [-0.2, 0) is 25.7 Å². The molecule has 0 saturated heterocycles. The molecule has 2 rings (SSSR count). The first-order chi connectivity index (χ1) is 11.1. The maximum absolute atomic E-state index is 12.1. The molecule has 0 spiro atoms. The van der Waals surface area contributed by atoms with E-state index in [2.05, 4.69) is 0 Å². The zero-order chi connectivity index (χ0) is 16.7. The van der Waals surface area contributed by atoms with E-state index in [0.29, 0.717) is 25.7 Å². The fraction of sp³-hybridized carbons (Fsp3) is 0.529. The fourth-order valence-electron chi connectivity index (χ4n) is 2.73. The molecule has 0 N–H and O–H groups in total. The predicted octanol–water partition coefficient (Wildman–Crippen LogP) is 3.28. The third-order valence-corrected chi connectivity index (χ3v) is 4.24. The molecule has 1 fully saturated rings. The summed E-state index contributed by atoms with van der Waals surface area (Å²) in [6.07, 6.45) is 2.56. The summed E-state index contributed by atoms with van der Waals surface area (Å²) < 4.78 is 15.3. The van der Waals surface area contributed by atoms with Gasteiger partial charge in [0.2, 0.25) is 0 Å². The summed E-state index contributed by atoms with van der Waals surface area (Å²) in [6.45, 7) is 0.247. The highest BCUT2D eigenvalue weighted by atomic mass is 35.5. The Morgan fingerprint density at radius 2 is 1.52 bits per heavy atom. The minimum atomic E-state index is -0.273. The van der Waals surface area contributed by atoms with Crippen molar-refractivity contribution in [3.63, 3.8) is 0 Å². The summed E-state index contributed by atoms with van der Waals surface area (Å²) in [4.78, 5) is 23.7. The van der Waals surface area contributed by atoms with Gasteiger partial charge in [-0.05, 0) is 43.4 Å².